The zero-order valence-corrected chi connectivity index (χ0v) is 12.9. The van der Waals surface area contributed by atoms with Crippen LogP contribution in [0.4, 0.5) is 21.5 Å². The first-order valence-corrected chi connectivity index (χ1v) is 6.82. The minimum absolute atomic E-state index is 0.337. The fourth-order valence-electron chi connectivity index (χ4n) is 1.54. The fraction of sp³-hybridized carbons (Fsp3) is 0.0769. The van der Waals surface area contributed by atoms with E-state index in [1.165, 1.54) is 6.07 Å². The molecule has 0 aliphatic carbocycles. The van der Waals surface area contributed by atoms with Gasteiger partial charge < -0.3 is 15.8 Å². The summed E-state index contributed by atoms with van der Waals surface area (Å²) >= 11 is 7.96. The second-order valence-corrected chi connectivity index (χ2v) is 5.39. The number of ether oxygens (including phenoxy) is 1. The van der Waals surface area contributed by atoms with Gasteiger partial charge in [-0.1, -0.05) is 11.6 Å². The Bertz CT molecular complexity index is 622. The molecule has 0 aliphatic heterocycles. The highest BCUT2D eigenvalue weighted by Gasteiger charge is 2.09. The van der Waals surface area contributed by atoms with Crippen LogP contribution in [0.2, 0.25) is 5.02 Å². The number of halogens is 3. The normalized spacial score (nSPS) is 10.3. The van der Waals surface area contributed by atoms with Gasteiger partial charge in [-0.05, 0) is 40.8 Å². The van der Waals surface area contributed by atoms with Gasteiger partial charge in [-0.2, -0.15) is 0 Å². The van der Waals surface area contributed by atoms with Gasteiger partial charge in [0.15, 0.2) is 0 Å². The number of nitrogens with one attached hydrogen (secondary N) is 1. The molecule has 0 amide bonds. The van der Waals surface area contributed by atoms with Crippen LogP contribution in [0.3, 0.4) is 0 Å². The maximum absolute atomic E-state index is 13.5. The summed E-state index contributed by atoms with van der Waals surface area (Å²) in [7, 11) is 1.56. The Labute approximate surface area is 129 Å². The summed E-state index contributed by atoms with van der Waals surface area (Å²) in [6.07, 6.45) is 0. The van der Waals surface area contributed by atoms with Crippen LogP contribution in [-0.4, -0.2) is 7.11 Å². The van der Waals surface area contributed by atoms with Crippen LogP contribution in [0, 0.1) is 9.39 Å². The molecule has 6 heteroatoms. The van der Waals surface area contributed by atoms with Crippen molar-refractivity contribution in [1.82, 2.24) is 0 Å². The third-order valence-electron chi connectivity index (χ3n) is 2.54. The van der Waals surface area contributed by atoms with Crippen LogP contribution in [0.25, 0.3) is 0 Å². The lowest BCUT2D eigenvalue weighted by Gasteiger charge is -2.12. The third kappa shape index (κ3) is 3.22. The predicted octanol–water partition coefficient (Wildman–Crippen LogP) is 4.42. The molecule has 0 bridgehead atoms. The molecule has 0 heterocycles. The summed E-state index contributed by atoms with van der Waals surface area (Å²) in [4.78, 5) is 0. The lowest BCUT2D eigenvalue weighted by Crippen LogP contribution is -1.99. The van der Waals surface area contributed by atoms with Gasteiger partial charge in [-0.3, -0.25) is 0 Å². The highest BCUT2D eigenvalue weighted by Crippen LogP contribution is 2.32. The Kier molecular flexibility index (Phi) is 4.36. The van der Waals surface area contributed by atoms with Crippen LogP contribution in [0.1, 0.15) is 0 Å². The van der Waals surface area contributed by atoms with Gasteiger partial charge in [0, 0.05) is 12.1 Å². The van der Waals surface area contributed by atoms with Gasteiger partial charge in [0.1, 0.15) is 11.6 Å². The monoisotopic (exact) mass is 392 g/mol. The average molecular weight is 393 g/mol. The molecule has 0 saturated carbocycles. The van der Waals surface area contributed by atoms with Gasteiger partial charge in [-0.25, -0.2) is 4.39 Å². The summed E-state index contributed by atoms with van der Waals surface area (Å²) in [5, 5.41) is 3.50. The van der Waals surface area contributed by atoms with E-state index in [-0.39, 0.29) is 5.82 Å². The molecule has 0 fully saturated rings. The first kappa shape index (κ1) is 14.2. The second-order valence-electron chi connectivity index (χ2n) is 3.82. The average Bonchev–Trinajstić information content (AvgIpc) is 2.38. The highest BCUT2D eigenvalue weighted by atomic mass is 127. The topological polar surface area (TPSA) is 47.3 Å². The molecule has 0 aromatic heterocycles. The number of anilines is 3. The molecule has 2 aromatic rings. The van der Waals surface area contributed by atoms with E-state index in [2.05, 4.69) is 5.32 Å². The zero-order valence-electron chi connectivity index (χ0n) is 10.0. The smallest absolute Gasteiger partial charge is 0.138 e. The molecule has 0 aliphatic rings. The van der Waals surface area contributed by atoms with Gasteiger partial charge in [0.25, 0.3) is 0 Å². The minimum Gasteiger partial charge on any atom is -0.497 e. The summed E-state index contributed by atoms with van der Waals surface area (Å²) < 4.78 is 19.1. The number of nitrogen functional groups attached to an aromatic ring is 1. The van der Waals surface area contributed by atoms with Gasteiger partial charge in [0.2, 0.25) is 0 Å². The number of rotatable bonds is 3. The standard InChI is InChI=1S/C13H11ClFIN2O/c1-19-7-2-3-8(14)12(4-7)18-13-5-9(15)10(16)6-11(13)17/h2-6,18H,17H2,1H3. The maximum atomic E-state index is 13.5. The van der Waals surface area contributed by atoms with Crippen LogP contribution >= 0.6 is 34.2 Å². The van der Waals surface area contributed by atoms with Crippen molar-refractivity contribution < 1.29 is 9.13 Å². The molecule has 3 N–H and O–H groups in total. The third-order valence-corrected chi connectivity index (χ3v) is 3.69. The van der Waals surface area contributed by atoms with Crippen molar-refractivity contribution >= 4 is 51.3 Å². The Balaban J connectivity index is 2.38. The van der Waals surface area contributed by atoms with E-state index in [1.54, 1.807) is 31.4 Å². The first-order valence-electron chi connectivity index (χ1n) is 5.36. The number of hydrogen-bond acceptors (Lipinski definition) is 3. The largest absolute Gasteiger partial charge is 0.497 e. The van der Waals surface area contributed by atoms with Gasteiger partial charge in [0.05, 0.1) is 32.8 Å². The summed E-state index contributed by atoms with van der Waals surface area (Å²) in [5.74, 6) is 0.313. The van der Waals surface area contributed by atoms with Crippen LogP contribution in [-0.2, 0) is 0 Å². The predicted molar refractivity (Wildman–Crippen MR) is 84.8 cm³/mol. The Morgan fingerprint density at radius 1 is 1.26 bits per heavy atom. The zero-order chi connectivity index (χ0) is 14.0. The van der Waals surface area contributed by atoms with Crippen LogP contribution in [0.15, 0.2) is 30.3 Å². The molecule has 3 nitrogen and oxygen atoms in total. The molecule has 100 valence electrons. The Morgan fingerprint density at radius 3 is 2.68 bits per heavy atom. The Hall–Kier alpha value is -1.21. The molecular weight excluding hydrogens is 382 g/mol. The molecule has 0 radical (unpaired) electrons. The molecular formula is C13H11ClFIN2O. The number of benzene rings is 2. The van der Waals surface area contributed by atoms with E-state index >= 15 is 0 Å². The SMILES string of the molecule is COc1ccc(Cl)c(Nc2cc(F)c(I)cc2N)c1. The molecule has 19 heavy (non-hydrogen) atoms. The minimum atomic E-state index is -0.337. The quantitative estimate of drug-likeness (QED) is 0.600. The number of hydrogen-bond donors (Lipinski definition) is 2. The molecule has 2 aromatic carbocycles. The van der Waals surface area contributed by atoms with Gasteiger partial charge >= 0.3 is 0 Å². The van der Waals surface area contributed by atoms with E-state index in [0.717, 1.165) is 0 Å². The van der Waals surface area contributed by atoms with E-state index < -0.39 is 0 Å². The molecule has 0 saturated heterocycles. The fourth-order valence-corrected chi connectivity index (χ4v) is 2.20. The van der Waals surface area contributed by atoms with Crippen molar-refractivity contribution in [2.75, 3.05) is 18.2 Å². The summed E-state index contributed by atoms with van der Waals surface area (Å²) in [5.41, 5.74) is 7.37. The lowest BCUT2D eigenvalue weighted by atomic mass is 10.2. The van der Waals surface area contributed by atoms with E-state index in [4.69, 9.17) is 22.1 Å². The molecule has 0 spiro atoms. The van der Waals surface area contributed by atoms with E-state index in [1.807, 2.05) is 22.6 Å². The van der Waals surface area contributed by atoms with Crippen molar-refractivity contribution in [3.63, 3.8) is 0 Å². The number of methoxy groups -OCH3 is 1. The molecule has 0 atom stereocenters. The lowest BCUT2D eigenvalue weighted by molar-refractivity contribution is 0.415. The van der Waals surface area contributed by atoms with Crippen LogP contribution < -0.4 is 15.8 Å². The maximum Gasteiger partial charge on any atom is 0.138 e. The number of nitrogens with two attached hydrogens (primary N) is 1. The summed E-state index contributed by atoms with van der Waals surface area (Å²) in [6, 6.07) is 8.06. The highest BCUT2D eigenvalue weighted by molar-refractivity contribution is 14.1. The van der Waals surface area contributed by atoms with Crippen molar-refractivity contribution in [2.24, 2.45) is 0 Å². The van der Waals surface area contributed by atoms with E-state index in [9.17, 15) is 4.39 Å². The van der Waals surface area contributed by atoms with Gasteiger partial charge in [-0.15, -0.1) is 0 Å². The second kappa shape index (κ2) is 5.83. The van der Waals surface area contributed by atoms with Crippen molar-refractivity contribution in [1.29, 1.82) is 0 Å². The van der Waals surface area contributed by atoms with Crippen molar-refractivity contribution in [3.8, 4) is 5.75 Å². The molecule has 2 rings (SSSR count). The Morgan fingerprint density at radius 2 is 2.00 bits per heavy atom. The molecule has 0 unspecified atom stereocenters. The first-order chi connectivity index (χ1) is 9.01. The summed E-state index contributed by atoms with van der Waals surface area (Å²) in [6.45, 7) is 0. The van der Waals surface area contributed by atoms with Crippen molar-refractivity contribution in [2.45, 2.75) is 0 Å². The van der Waals surface area contributed by atoms with E-state index in [0.29, 0.717) is 31.4 Å². The van der Waals surface area contributed by atoms with Crippen LogP contribution in [0.5, 0.6) is 5.75 Å². The van der Waals surface area contributed by atoms with Crippen molar-refractivity contribution in [3.05, 3.63) is 44.7 Å².